The molecule has 1 aliphatic carbocycles. The summed E-state index contributed by atoms with van der Waals surface area (Å²) in [6, 6.07) is 0.460. The molecule has 2 N–H and O–H groups in total. The Hall–Kier alpha value is -0.610. The second-order valence-corrected chi connectivity index (χ2v) is 4.66. The van der Waals surface area contributed by atoms with Gasteiger partial charge in [-0.3, -0.25) is 4.79 Å². The number of amides is 1. The summed E-state index contributed by atoms with van der Waals surface area (Å²) in [4.78, 5) is 13.5. The average molecular weight is 214 g/mol. The van der Waals surface area contributed by atoms with Crippen LogP contribution in [0.3, 0.4) is 0 Å². The Balaban J connectivity index is 2.31. The fraction of sp³-hybridized carbons (Fsp3) is 0.909. The molecule has 0 saturated heterocycles. The number of carbonyl (C=O) groups excluding carboxylic acids is 1. The van der Waals surface area contributed by atoms with E-state index in [1.807, 2.05) is 20.9 Å². The lowest BCUT2D eigenvalue weighted by atomic mass is 10.0. The van der Waals surface area contributed by atoms with Crippen molar-refractivity contribution in [3.63, 3.8) is 0 Å². The zero-order valence-electron chi connectivity index (χ0n) is 9.92. The predicted octanol–water partition coefficient (Wildman–Crippen LogP) is 0.358. The van der Waals surface area contributed by atoms with Gasteiger partial charge >= 0.3 is 0 Å². The molecular formula is C11H22N2O2. The molecule has 1 fully saturated rings. The number of carbonyl (C=O) groups is 1. The first-order valence-electron chi connectivity index (χ1n) is 5.64. The highest BCUT2D eigenvalue weighted by Gasteiger charge is 2.30. The number of hydrogen-bond acceptors (Lipinski definition) is 3. The first-order chi connectivity index (χ1) is 7.02. The minimum Gasteiger partial charge on any atom is -0.394 e. The summed E-state index contributed by atoms with van der Waals surface area (Å²) < 4.78 is 0. The molecule has 1 saturated carbocycles. The lowest BCUT2D eigenvalue weighted by molar-refractivity contribution is -0.129. The Morgan fingerprint density at radius 1 is 1.60 bits per heavy atom. The van der Waals surface area contributed by atoms with E-state index in [-0.39, 0.29) is 18.1 Å². The molecule has 1 rings (SSSR count). The van der Waals surface area contributed by atoms with Gasteiger partial charge in [0, 0.05) is 18.6 Å². The van der Waals surface area contributed by atoms with Crippen LogP contribution in [0, 0.1) is 0 Å². The first-order valence-corrected chi connectivity index (χ1v) is 5.64. The van der Waals surface area contributed by atoms with E-state index in [2.05, 4.69) is 5.32 Å². The molecule has 1 aliphatic rings. The molecule has 0 radical (unpaired) electrons. The maximum atomic E-state index is 11.7. The molecule has 4 nitrogen and oxygen atoms in total. The highest BCUT2D eigenvalue weighted by molar-refractivity contribution is 5.78. The van der Waals surface area contributed by atoms with Gasteiger partial charge in [0.25, 0.3) is 0 Å². The van der Waals surface area contributed by atoms with Gasteiger partial charge < -0.3 is 15.3 Å². The van der Waals surface area contributed by atoms with Gasteiger partial charge in [0.05, 0.1) is 13.2 Å². The number of nitrogens with one attached hydrogen (secondary N) is 1. The van der Waals surface area contributed by atoms with Crippen LogP contribution in [0.2, 0.25) is 0 Å². The van der Waals surface area contributed by atoms with Gasteiger partial charge in [-0.2, -0.15) is 0 Å². The van der Waals surface area contributed by atoms with Crippen LogP contribution in [0.1, 0.15) is 33.1 Å². The van der Waals surface area contributed by atoms with E-state index in [9.17, 15) is 9.90 Å². The minimum atomic E-state index is -0.333. The van der Waals surface area contributed by atoms with Crippen LogP contribution in [-0.2, 0) is 4.79 Å². The zero-order chi connectivity index (χ0) is 11.5. The summed E-state index contributed by atoms with van der Waals surface area (Å²) in [6.07, 6.45) is 3.07. The van der Waals surface area contributed by atoms with Crippen molar-refractivity contribution in [1.29, 1.82) is 0 Å². The van der Waals surface area contributed by atoms with E-state index >= 15 is 0 Å². The highest BCUT2D eigenvalue weighted by atomic mass is 16.3. The molecule has 0 aromatic heterocycles. The Labute approximate surface area is 91.6 Å². The van der Waals surface area contributed by atoms with Gasteiger partial charge in [0.2, 0.25) is 5.91 Å². The van der Waals surface area contributed by atoms with Crippen molar-refractivity contribution < 1.29 is 9.90 Å². The van der Waals surface area contributed by atoms with Crippen LogP contribution in [-0.4, -0.2) is 47.7 Å². The second-order valence-electron chi connectivity index (χ2n) is 4.66. The molecule has 88 valence electrons. The van der Waals surface area contributed by atoms with Crippen LogP contribution in [0.25, 0.3) is 0 Å². The van der Waals surface area contributed by atoms with Gasteiger partial charge in [-0.15, -0.1) is 0 Å². The summed E-state index contributed by atoms with van der Waals surface area (Å²) in [6.45, 7) is 4.30. The molecule has 1 amide bonds. The number of hydrogen-bond donors (Lipinski definition) is 2. The number of aliphatic hydroxyl groups is 1. The molecule has 1 unspecified atom stereocenters. The molecule has 0 aromatic carbocycles. The molecule has 0 aliphatic heterocycles. The fourth-order valence-electron chi connectivity index (χ4n) is 1.37. The number of likely N-dealkylation sites (N-methyl/N-ethyl adjacent to an activating group) is 1. The molecular weight excluding hydrogens is 192 g/mol. The lowest BCUT2D eigenvalue weighted by Crippen LogP contribution is -2.49. The van der Waals surface area contributed by atoms with Gasteiger partial charge in [-0.25, -0.2) is 0 Å². The van der Waals surface area contributed by atoms with E-state index in [1.54, 1.807) is 4.90 Å². The van der Waals surface area contributed by atoms with Crippen molar-refractivity contribution in [3.8, 4) is 0 Å². The van der Waals surface area contributed by atoms with Crippen molar-refractivity contribution in [2.24, 2.45) is 0 Å². The molecule has 0 aromatic rings. The third-order valence-electron chi connectivity index (χ3n) is 3.28. The van der Waals surface area contributed by atoms with Crippen LogP contribution in [0.15, 0.2) is 0 Å². The summed E-state index contributed by atoms with van der Waals surface area (Å²) in [5.74, 6) is 0.116. The molecule has 0 spiro atoms. The largest absolute Gasteiger partial charge is 0.394 e. The minimum absolute atomic E-state index is 0.0594. The van der Waals surface area contributed by atoms with Crippen molar-refractivity contribution in [2.45, 2.75) is 44.7 Å². The average Bonchev–Trinajstić information content (AvgIpc) is 3.08. The zero-order valence-corrected chi connectivity index (χ0v) is 9.92. The summed E-state index contributed by atoms with van der Waals surface area (Å²) in [5, 5.41) is 12.3. The summed E-state index contributed by atoms with van der Waals surface area (Å²) in [7, 11) is 1.85. The molecule has 4 heteroatoms. The Morgan fingerprint density at radius 3 is 2.60 bits per heavy atom. The standard InChI is InChI=1S/C11H22N2O2/c1-4-11(2,8-14)12-7-10(15)13(3)9-5-6-9/h9,12,14H,4-8H2,1-3H3. The third-order valence-corrected chi connectivity index (χ3v) is 3.28. The quantitative estimate of drug-likeness (QED) is 0.671. The van der Waals surface area contributed by atoms with Crippen molar-refractivity contribution in [1.82, 2.24) is 10.2 Å². The smallest absolute Gasteiger partial charge is 0.236 e. The topological polar surface area (TPSA) is 52.6 Å². The third kappa shape index (κ3) is 3.47. The number of aliphatic hydroxyl groups excluding tert-OH is 1. The normalized spacial score (nSPS) is 19.7. The Morgan fingerprint density at radius 2 is 2.20 bits per heavy atom. The van der Waals surface area contributed by atoms with E-state index in [0.717, 1.165) is 19.3 Å². The van der Waals surface area contributed by atoms with Crippen molar-refractivity contribution in [3.05, 3.63) is 0 Å². The molecule has 0 bridgehead atoms. The second kappa shape index (κ2) is 4.94. The molecule has 1 atom stereocenters. The number of nitrogens with zero attached hydrogens (tertiary/aromatic N) is 1. The summed E-state index contributed by atoms with van der Waals surface area (Å²) in [5.41, 5.74) is -0.333. The van der Waals surface area contributed by atoms with Gasteiger partial charge in [0.15, 0.2) is 0 Å². The maximum absolute atomic E-state index is 11.7. The van der Waals surface area contributed by atoms with Crippen molar-refractivity contribution >= 4 is 5.91 Å². The molecule has 0 heterocycles. The van der Waals surface area contributed by atoms with E-state index < -0.39 is 0 Å². The van der Waals surface area contributed by atoms with E-state index in [1.165, 1.54) is 0 Å². The van der Waals surface area contributed by atoms with E-state index in [0.29, 0.717) is 12.6 Å². The lowest BCUT2D eigenvalue weighted by Gasteiger charge is -2.28. The fourth-order valence-corrected chi connectivity index (χ4v) is 1.37. The summed E-state index contributed by atoms with van der Waals surface area (Å²) >= 11 is 0. The van der Waals surface area contributed by atoms with Crippen molar-refractivity contribution in [2.75, 3.05) is 20.2 Å². The maximum Gasteiger partial charge on any atom is 0.236 e. The van der Waals surface area contributed by atoms with Crippen LogP contribution in [0.4, 0.5) is 0 Å². The van der Waals surface area contributed by atoms with Crippen LogP contribution in [0.5, 0.6) is 0 Å². The van der Waals surface area contributed by atoms with Crippen LogP contribution < -0.4 is 5.32 Å². The highest BCUT2D eigenvalue weighted by Crippen LogP contribution is 2.25. The SMILES string of the molecule is CCC(C)(CO)NCC(=O)N(C)C1CC1. The number of rotatable bonds is 6. The Bertz CT molecular complexity index is 223. The first kappa shape index (κ1) is 12.5. The monoisotopic (exact) mass is 214 g/mol. The Kier molecular flexibility index (Phi) is 4.11. The van der Waals surface area contributed by atoms with Gasteiger partial charge in [0.1, 0.15) is 0 Å². The van der Waals surface area contributed by atoms with Gasteiger partial charge in [-0.05, 0) is 26.2 Å². The predicted molar refractivity (Wildman–Crippen MR) is 59.6 cm³/mol. The molecule has 15 heavy (non-hydrogen) atoms. The van der Waals surface area contributed by atoms with Crippen LogP contribution >= 0.6 is 0 Å². The van der Waals surface area contributed by atoms with E-state index in [4.69, 9.17) is 0 Å². The van der Waals surface area contributed by atoms with Gasteiger partial charge in [-0.1, -0.05) is 6.92 Å².